The van der Waals surface area contributed by atoms with E-state index in [1.165, 1.54) is 22.8 Å². The summed E-state index contributed by atoms with van der Waals surface area (Å²) in [6.45, 7) is 4.98. The summed E-state index contributed by atoms with van der Waals surface area (Å²) in [5, 5.41) is 0. The number of carbonyl (C=O) groups is 2. The molecule has 0 aliphatic carbocycles. The van der Waals surface area contributed by atoms with Crippen molar-refractivity contribution in [2.24, 2.45) is 4.99 Å². The summed E-state index contributed by atoms with van der Waals surface area (Å²) in [6, 6.07) is 13.6. The summed E-state index contributed by atoms with van der Waals surface area (Å²) in [5.41, 5.74) is 2.06. The lowest BCUT2D eigenvalue weighted by Gasteiger charge is -2.24. The molecule has 0 N–H and O–H groups in total. The van der Waals surface area contributed by atoms with Gasteiger partial charge in [-0.25, -0.2) is 9.79 Å². The molecule has 3 aromatic rings. The Labute approximate surface area is 207 Å². The van der Waals surface area contributed by atoms with Crippen molar-refractivity contribution in [2.45, 2.75) is 26.8 Å². The Morgan fingerprint density at radius 1 is 1.21 bits per heavy atom. The Balaban J connectivity index is 1.91. The molecule has 2 aromatic carbocycles. The number of hydrogen-bond donors (Lipinski definition) is 0. The molecule has 7 nitrogen and oxygen atoms in total. The molecule has 174 valence electrons. The first-order chi connectivity index (χ1) is 16.3. The third kappa shape index (κ3) is 4.80. The maximum atomic E-state index is 13.6. The predicted molar refractivity (Wildman–Crippen MR) is 132 cm³/mol. The molecule has 0 saturated carbocycles. The summed E-state index contributed by atoms with van der Waals surface area (Å²) < 4.78 is 13.3. The van der Waals surface area contributed by atoms with E-state index in [9.17, 15) is 14.4 Å². The molecule has 1 atom stereocenters. The Kier molecular flexibility index (Phi) is 6.95. The van der Waals surface area contributed by atoms with E-state index in [1.54, 1.807) is 44.2 Å². The lowest BCUT2D eigenvalue weighted by atomic mass is 9.96. The molecular formula is C25H21BrN2O5S. The third-order valence-electron chi connectivity index (χ3n) is 5.12. The molecular weight excluding hydrogens is 520 g/mol. The lowest BCUT2D eigenvalue weighted by Crippen LogP contribution is -2.39. The molecule has 34 heavy (non-hydrogen) atoms. The van der Waals surface area contributed by atoms with E-state index >= 15 is 0 Å². The van der Waals surface area contributed by atoms with Crippen LogP contribution in [-0.4, -0.2) is 23.1 Å². The van der Waals surface area contributed by atoms with Gasteiger partial charge in [-0.1, -0.05) is 51.5 Å². The zero-order valence-corrected chi connectivity index (χ0v) is 21.1. The van der Waals surface area contributed by atoms with Crippen molar-refractivity contribution >= 4 is 45.3 Å². The Morgan fingerprint density at radius 2 is 1.94 bits per heavy atom. The quantitative estimate of drug-likeness (QED) is 0.365. The van der Waals surface area contributed by atoms with Crippen LogP contribution in [0.5, 0.6) is 5.75 Å². The minimum Gasteiger partial charge on any atom is -0.463 e. The van der Waals surface area contributed by atoms with Gasteiger partial charge < -0.3 is 9.47 Å². The summed E-state index contributed by atoms with van der Waals surface area (Å²) in [4.78, 5) is 42.8. The van der Waals surface area contributed by atoms with Gasteiger partial charge in [0, 0.05) is 11.4 Å². The molecule has 9 heteroatoms. The van der Waals surface area contributed by atoms with Crippen LogP contribution in [0.25, 0.3) is 6.08 Å². The van der Waals surface area contributed by atoms with Crippen molar-refractivity contribution in [3.05, 3.63) is 95.1 Å². The van der Waals surface area contributed by atoms with Gasteiger partial charge in [-0.2, -0.15) is 0 Å². The van der Waals surface area contributed by atoms with Crippen LogP contribution in [0.15, 0.2) is 74.1 Å². The van der Waals surface area contributed by atoms with E-state index < -0.39 is 18.0 Å². The SMILES string of the molecule is CCOC(=O)C1=C(C)N=c2sc(=Cc3cccc(Br)c3)c(=O)n2[C@H]1c1ccc(OC(C)=O)cc1. The number of halogens is 1. The molecule has 0 spiro atoms. The summed E-state index contributed by atoms with van der Waals surface area (Å²) in [5.74, 6) is -0.591. The van der Waals surface area contributed by atoms with Gasteiger partial charge in [-0.3, -0.25) is 14.2 Å². The van der Waals surface area contributed by atoms with Crippen LogP contribution in [0.1, 0.15) is 37.9 Å². The molecule has 1 aromatic heterocycles. The maximum Gasteiger partial charge on any atom is 0.338 e. The fourth-order valence-electron chi connectivity index (χ4n) is 3.74. The van der Waals surface area contributed by atoms with E-state index in [-0.39, 0.29) is 12.2 Å². The second kappa shape index (κ2) is 9.90. The normalized spacial score (nSPS) is 15.5. The number of esters is 2. The van der Waals surface area contributed by atoms with Gasteiger partial charge >= 0.3 is 11.9 Å². The van der Waals surface area contributed by atoms with Gasteiger partial charge in [0.15, 0.2) is 4.80 Å². The minimum atomic E-state index is -0.730. The van der Waals surface area contributed by atoms with Crippen LogP contribution in [-0.2, 0) is 14.3 Å². The Hall–Kier alpha value is -3.30. The molecule has 1 aliphatic rings. The Morgan fingerprint density at radius 3 is 2.59 bits per heavy atom. The van der Waals surface area contributed by atoms with Crippen molar-refractivity contribution in [2.75, 3.05) is 6.61 Å². The fraction of sp³-hybridized carbons (Fsp3) is 0.200. The summed E-state index contributed by atoms with van der Waals surface area (Å²) in [7, 11) is 0. The van der Waals surface area contributed by atoms with E-state index in [0.29, 0.717) is 31.9 Å². The highest BCUT2D eigenvalue weighted by Gasteiger charge is 2.33. The molecule has 0 amide bonds. The highest BCUT2D eigenvalue weighted by molar-refractivity contribution is 9.10. The first-order valence-electron chi connectivity index (χ1n) is 10.5. The number of nitrogens with zero attached hydrogens (tertiary/aromatic N) is 2. The van der Waals surface area contributed by atoms with Crippen molar-refractivity contribution < 1.29 is 19.1 Å². The van der Waals surface area contributed by atoms with Gasteiger partial charge in [0.25, 0.3) is 5.56 Å². The van der Waals surface area contributed by atoms with Gasteiger partial charge in [0.05, 0.1) is 28.5 Å². The van der Waals surface area contributed by atoms with Crippen LogP contribution >= 0.6 is 27.3 Å². The number of thiazole rings is 1. The van der Waals surface area contributed by atoms with Crippen LogP contribution in [0, 0.1) is 0 Å². The second-order valence-electron chi connectivity index (χ2n) is 7.52. The predicted octanol–water partition coefficient (Wildman–Crippen LogP) is 3.49. The molecule has 0 unspecified atom stereocenters. The van der Waals surface area contributed by atoms with Crippen LogP contribution in [0.2, 0.25) is 0 Å². The molecule has 2 heterocycles. The third-order valence-corrected chi connectivity index (χ3v) is 6.60. The average molecular weight is 541 g/mol. The number of allylic oxidation sites excluding steroid dienone is 1. The maximum absolute atomic E-state index is 13.6. The topological polar surface area (TPSA) is 87.0 Å². The summed E-state index contributed by atoms with van der Waals surface area (Å²) >= 11 is 4.71. The second-order valence-corrected chi connectivity index (χ2v) is 9.44. The molecule has 4 rings (SSSR count). The van der Waals surface area contributed by atoms with Crippen LogP contribution in [0.4, 0.5) is 0 Å². The monoisotopic (exact) mass is 540 g/mol. The van der Waals surface area contributed by atoms with Crippen molar-refractivity contribution in [3.63, 3.8) is 0 Å². The first kappa shape index (κ1) is 23.8. The lowest BCUT2D eigenvalue weighted by molar-refractivity contribution is -0.139. The number of hydrogen-bond acceptors (Lipinski definition) is 7. The first-order valence-corrected chi connectivity index (χ1v) is 12.1. The molecule has 0 fully saturated rings. The van der Waals surface area contributed by atoms with Crippen molar-refractivity contribution in [1.82, 2.24) is 4.57 Å². The minimum absolute atomic E-state index is 0.195. The summed E-state index contributed by atoms with van der Waals surface area (Å²) in [6.07, 6.45) is 1.80. The molecule has 1 aliphatic heterocycles. The van der Waals surface area contributed by atoms with E-state index in [2.05, 4.69) is 20.9 Å². The molecule has 0 bridgehead atoms. The molecule has 0 saturated heterocycles. The van der Waals surface area contributed by atoms with Crippen molar-refractivity contribution in [1.29, 1.82) is 0 Å². The highest BCUT2D eigenvalue weighted by atomic mass is 79.9. The number of ether oxygens (including phenoxy) is 2. The van der Waals surface area contributed by atoms with E-state index in [1.807, 2.05) is 24.3 Å². The number of aromatic nitrogens is 1. The van der Waals surface area contributed by atoms with Crippen molar-refractivity contribution in [3.8, 4) is 5.75 Å². The number of rotatable bonds is 5. The van der Waals surface area contributed by atoms with Gasteiger partial charge in [-0.15, -0.1) is 0 Å². The number of benzene rings is 2. The van der Waals surface area contributed by atoms with Gasteiger partial charge in [0.1, 0.15) is 5.75 Å². The largest absolute Gasteiger partial charge is 0.463 e. The van der Waals surface area contributed by atoms with Crippen LogP contribution in [0.3, 0.4) is 0 Å². The van der Waals surface area contributed by atoms with E-state index in [4.69, 9.17) is 9.47 Å². The van der Waals surface area contributed by atoms with E-state index in [0.717, 1.165) is 10.0 Å². The highest BCUT2D eigenvalue weighted by Crippen LogP contribution is 2.31. The average Bonchev–Trinajstić information content (AvgIpc) is 3.07. The van der Waals surface area contributed by atoms with Crippen LogP contribution < -0.4 is 19.6 Å². The number of carbonyl (C=O) groups excluding carboxylic acids is 2. The zero-order valence-electron chi connectivity index (χ0n) is 18.7. The fourth-order valence-corrected chi connectivity index (χ4v) is 5.20. The zero-order chi connectivity index (χ0) is 24.4. The smallest absolute Gasteiger partial charge is 0.338 e. The molecule has 0 radical (unpaired) electrons. The number of fused-ring (bicyclic) bond motifs is 1. The standard InChI is InChI=1S/C25H21BrN2O5S/c1-4-32-24(31)21-14(2)27-25-28(22(21)17-8-10-19(11-9-17)33-15(3)29)23(30)20(34-25)13-16-6-5-7-18(26)12-16/h5-13,22H,4H2,1-3H3/t22-/m0/s1. The van der Waals surface area contributed by atoms with Gasteiger partial charge in [0.2, 0.25) is 0 Å². The Bertz CT molecular complexity index is 1480. The van der Waals surface area contributed by atoms with Gasteiger partial charge in [-0.05, 0) is 55.3 Å².